The minimum Gasteiger partial charge on any atom is -0.393 e. The summed E-state index contributed by atoms with van der Waals surface area (Å²) in [5, 5.41) is 10.3. The molecule has 4 saturated carbocycles. The Hall–Kier alpha value is -0.300. The molecule has 0 aliphatic heterocycles. The lowest BCUT2D eigenvalue weighted by Gasteiger charge is -2.61. The van der Waals surface area contributed by atoms with Crippen molar-refractivity contribution in [2.75, 3.05) is 0 Å². The molecule has 0 unspecified atom stereocenters. The van der Waals surface area contributed by atoms with E-state index in [0.717, 1.165) is 54.3 Å². The Labute approximate surface area is 181 Å². The lowest BCUT2D eigenvalue weighted by atomic mass is 9.44. The molecule has 166 valence electrons. The molecule has 4 aliphatic carbocycles. The summed E-state index contributed by atoms with van der Waals surface area (Å²) in [5.74, 6) is 6.66. The molecule has 29 heavy (non-hydrogen) atoms. The van der Waals surface area contributed by atoms with Crippen molar-refractivity contribution in [1.29, 1.82) is 0 Å². The molecule has 1 N–H and O–H groups in total. The van der Waals surface area contributed by atoms with Crippen LogP contribution in [0.15, 0.2) is 12.2 Å². The van der Waals surface area contributed by atoms with Crippen LogP contribution in [0.5, 0.6) is 0 Å². The normalized spacial score (nSPS) is 49.5. The zero-order chi connectivity index (χ0) is 21.0. The highest BCUT2D eigenvalue weighted by atomic mass is 16.3. The van der Waals surface area contributed by atoms with Crippen LogP contribution in [0.25, 0.3) is 0 Å². The number of hydrogen-bond donors (Lipinski definition) is 1. The van der Waals surface area contributed by atoms with Crippen molar-refractivity contribution < 1.29 is 5.11 Å². The Bertz CT molecular complexity index is 607. The standard InChI is InChI=1S/C28H48O/c1-18(2)19(3)7-8-20(4)24-11-12-25-23-10-9-21-17-22(29)13-15-27(21,5)26(23)14-16-28(24,25)6/h7-8,18-26,29H,9-17H2,1-6H3/b8-7+/t19-,20+,21+,22-,23-,24+,25-,26-,27-,28+/m0/s1. The van der Waals surface area contributed by atoms with Gasteiger partial charge in [0.15, 0.2) is 0 Å². The number of allylic oxidation sites excluding steroid dienone is 2. The Morgan fingerprint density at radius 1 is 0.793 bits per heavy atom. The van der Waals surface area contributed by atoms with E-state index in [1.54, 1.807) is 0 Å². The third kappa shape index (κ3) is 3.66. The molecule has 0 radical (unpaired) electrons. The number of fused-ring (bicyclic) bond motifs is 5. The molecule has 1 heteroatoms. The van der Waals surface area contributed by atoms with Crippen LogP contribution >= 0.6 is 0 Å². The number of rotatable bonds is 4. The van der Waals surface area contributed by atoms with Crippen molar-refractivity contribution in [1.82, 2.24) is 0 Å². The van der Waals surface area contributed by atoms with E-state index in [1.165, 1.54) is 44.9 Å². The van der Waals surface area contributed by atoms with Gasteiger partial charge in [-0.15, -0.1) is 0 Å². The Kier molecular flexibility index (Phi) is 6.04. The van der Waals surface area contributed by atoms with Gasteiger partial charge in [-0.3, -0.25) is 0 Å². The molecule has 4 aliphatic rings. The van der Waals surface area contributed by atoms with Crippen LogP contribution in [-0.4, -0.2) is 11.2 Å². The van der Waals surface area contributed by atoms with E-state index in [9.17, 15) is 5.11 Å². The highest BCUT2D eigenvalue weighted by Crippen LogP contribution is 2.68. The molecule has 4 fully saturated rings. The van der Waals surface area contributed by atoms with E-state index in [2.05, 4.69) is 53.7 Å². The maximum absolute atomic E-state index is 10.3. The second-order valence-corrected chi connectivity index (χ2v) is 12.7. The third-order valence-corrected chi connectivity index (χ3v) is 11.1. The van der Waals surface area contributed by atoms with E-state index < -0.39 is 0 Å². The van der Waals surface area contributed by atoms with Gasteiger partial charge in [0, 0.05) is 0 Å². The minimum absolute atomic E-state index is 0.0183. The molecule has 0 aromatic carbocycles. The highest BCUT2D eigenvalue weighted by molar-refractivity contribution is 5.11. The summed E-state index contributed by atoms with van der Waals surface area (Å²) in [6.07, 6.45) is 17.1. The second-order valence-electron chi connectivity index (χ2n) is 12.7. The van der Waals surface area contributed by atoms with E-state index in [4.69, 9.17) is 0 Å². The quantitative estimate of drug-likeness (QED) is 0.485. The average Bonchev–Trinajstić information content (AvgIpc) is 3.03. The molecule has 10 atom stereocenters. The average molecular weight is 401 g/mol. The van der Waals surface area contributed by atoms with Gasteiger partial charge in [0.05, 0.1) is 6.10 Å². The molecular formula is C28H48O. The molecule has 0 aromatic heterocycles. The Balaban J connectivity index is 1.50. The van der Waals surface area contributed by atoms with Crippen molar-refractivity contribution in [2.24, 2.45) is 58.2 Å². The van der Waals surface area contributed by atoms with Gasteiger partial charge >= 0.3 is 0 Å². The summed E-state index contributed by atoms with van der Waals surface area (Å²) in [6.45, 7) is 14.9. The molecule has 0 heterocycles. The lowest BCUT2D eigenvalue weighted by Crippen LogP contribution is -2.54. The summed E-state index contributed by atoms with van der Waals surface area (Å²) < 4.78 is 0. The molecule has 0 amide bonds. The first-order valence-electron chi connectivity index (χ1n) is 13.0. The maximum Gasteiger partial charge on any atom is 0.0543 e. The fraction of sp³-hybridized carbons (Fsp3) is 0.929. The molecular weight excluding hydrogens is 352 g/mol. The molecule has 0 spiro atoms. The van der Waals surface area contributed by atoms with Crippen LogP contribution < -0.4 is 0 Å². The van der Waals surface area contributed by atoms with Gasteiger partial charge in [-0.2, -0.15) is 0 Å². The van der Waals surface area contributed by atoms with Crippen molar-refractivity contribution in [3.63, 3.8) is 0 Å². The smallest absolute Gasteiger partial charge is 0.0543 e. The van der Waals surface area contributed by atoms with Gasteiger partial charge in [-0.05, 0) is 116 Å². The van der Waals surface area contributed by atoms with Crippen LogP contribution in [0.4, 0.5) is 0 Å². The summed E-state index contributed by atoms with van der Waals surface area (Å²) in [6, 6.07) is 0. The third-order valence-electron chi connectivity index (χ3n) is 11.1. The predicted octanol–water partition coefficient (Wildman–Crippen LogP) is 7.49. The largest absolute Gasteiger partial charge is 0.393 e. The van der Waals surface area contributed by atoms with Crippen LogP contribution in [0, 0.1) is 58.2 Å². The Morgan fingerprint density at radius 3 is 2.21 bits per heavy atom. The first-order chi connectivity index (χ1) is 13.7. The van der Waals surface area contributed by atoms with Gasteiger partial charge in [0.25, 0.3) is 0 Å². The highest BCUT2D eigenvalue weighted by Gasteiger charge is 2.60. The van der Waals surface area contributed by atoms with E-state index >= 15 is 0 Å². The van der Waals surface area contributed by atoms with Gasteiger partial charge < -0.3 is 5.11 Å². The van der Waals surface area contributed by atoms with Crippen LogP contribution in [-0.2, 0) is 0 Å². The van der Waals surface area contributed by atoms with Gasteiger partial charge in [0.1, 0.15) is 0 Å². The van der Waals surface area contributed by atoms with E-state index in [1.807, 2.05) is 0 Å². The zero-order valence-electron chi connectivity index (χ0n) is 20.2. The van der Waals surface area contributed by atoms with Crippen molar-refractivity contribution in [3.8, 4) is 0 Å². The van der Waals surface area contributed by atoms with Crippen LogP contribution in [0.2, 0.25) is 0 Å². The fourth-order valence-corrected chi connectivity index (χ4v) is 8.85. The van der Waals surface area contributed by atoms with Crippen molar-refractivity contribution in [2.45, 2.75) is 105 Å². The molecule has 0 bridgehead atoms. The lowest BCUT2D eigenvalue weighted by molar-refractivity contribution is -0.128. The van der Waals surface area contributed by atoms with Crippen LogP contribution in [0.3, 0.4) is 0 Å². The van der Waals surface area contributed by atoms with Gasteiger partial charge in [0.2, 0.25) is 0 Å². The van der Waals surface area contributed by atoms with Gasteiger partial charge in [-0.1, -0.05) is 53.7 Å². The summed E-state index contributed by atoms with van der Waals surface area (Å²) in [4.78, 5) is 0. The molecule has 4 rings (SSSR count). The molecule has 0 aromatic rings. The fourth-order valence-electron chi connectivity index (χ4n) is 8.85. The van der Waals surface area contributed by atoms with Gasteiger partial charge in [-0.25, -0.2) is 0 Å². The van der Waals surface area contributed by atoms with E-state index in [0.29, 0.717) is 16.7 Å². The topological polar surface area (TPSA) is 20.2 Å². The SMILES string of the molecule is CC(C)[C@@H](C)/C=C/[C@@H](C)[C@H]1CC[C@H]2[C@@H]3CC[C@@H]4C[C@@H](O)CC[C@]4(C)[C@H]3CC[C@]12C. The Morgan fingerprint density at radius 2 is 1.48 bits per heavy atom. The number of hydrogen-bond acceptors (Lipinski definition) is 1. The summed E-state index contributed by atoms with van der Waals surface area (Å²) in [5.41, 5.74) is 1.07. The number of aliphatic hydroxyl groups excluding tert-OH is 1. The summed E-state index contributed by atoms with van der Waals surface area (Å²) in [7, 11) is 0. The van der Waals surface area contributed by atoms with E-state index in [-0.39, 0.29) is 6.10 Å². The molecule has 1 nitrogen and oxygen atoms in total. The number of aliphatic hydroxyl groups is 1. The first kappa shape index (κ1) is 21.9. The zero-order valence-corrected chi connectivity index (χ0v) is 20.2. The second kappa shape index (κ2) is 7.99. The first-order valence-corrected chi connectivity index (χ1v) is 13.0. The van der Waals surface area contributed by atoms with Crippen molar-refractivity contribution in [3.05, 3.63) is 12.2 Å². The van der Waals surface area contributed by atoms with Crippen molar-refractivity contribution >= 4 is 0 Å². The predicted molar refractivity (Wildman–Crippen MR) is 124 cm³/mol. The van der Waals surface area contributed by atoms with Crippen LogP contribution in [0.1, 0.15) is 99.3 Å². The maximum atomic E-state index is 10.3. The monoisotopic (exact) mass is 400 g/mol. The molecule has 0 saturated heterocycles. The minimum atomic E-state index is -0.0183. The summed E-state index contributed by atoms with van der Waals surface area (Å²) >= 11 is 0.